The summed E-state index contributed by atoms with van der Waals surface area (Å²) in [5.74, 6) is -0.254. The van der Waals surface area contributed by atoms with E-state index in [1.807, 2.05) is 12.1 Å². The van der Waals surface area contributed by atoms with E-state index in [4.69, 9.17) is 9.47 Å². The summed E-state index contributed by atoms with van der Waals surface area (Å²) in [5.41, 5.74) is -0.00362. The molecule has 0 bridgehead atoms. The van der Waals surface area contributed by atoms with E-state index in [1.54, 1.807) is 13.2 Å². The number of nitrogens with zero attached hydrogens (tertiary/aromatic N) is 1. The molecule has 0 aromatic carbocycles. The highest BCUT2D eigenvalue weighted by atomic mass is 16.5. The maximum atomic E-state index is 11.5. The molecule has 5 heteroatoms. The average molecular weight is 251 g/mol. The van der Waals surface area contributed by atoms with E-state index in [9.17, 15) is 9.90 Å². The van der Waals surface area contributed by atoms with Crippen LogP contribution in [0.5, 0.6) is 5.88 Å². The van der Waals surface area contributed by atoms with Crippen LogP contribution >= 0.6 is 0 Å². The summed E-state index contributed by atoms with van der Waals surface area (Å²) in [5, 5.41) is 9.46. The Morgan fingerprint density at radius 1 is 1.50 bits per heavy atom. The van der Waals surface area contributed by atoms with Gasteiger partial charge in [-0.2, -0.15) is 0 Å². The van der Waals surface area contributed by atoms with Crippen LogP contribution in [0.4, 0.5) is 0 Å². The number of ether oxygens (including phenoxy) is 2. The van der Waals surface area contributed by atoms with E-state index in [1.165, 1.54) is 0 Å². The lowest BCUT2D eigenvalue weighted by Gasteiger charge is -2.32. The number of carboxylic acid groups (broad SMARTS) is 1. The maximum absolute atomic E-state index is 11.5. The van der Waals surface area contributed by atoms with Gasteiger partial charge in [0.2, 0.25) is 5.88 Å². The molecule has 1 aliphatic rings. The first-order valence-electron chi connectivity index (χ1n) is 5.97. The Labute approximate surface area is 106 Å². The second kappa shape index (κ2) is 5.35. The third kappa shape index (κ3) is 2.61. The summed E-state index contributed by atoms with van der Waals surface area (Å²) in [7, 11) is 1.55. The van der Waals surface area contributed by atoms with Gasteiger partial charge in [-0.15, -0.1) is 0 Å². The van der Waals surface area contributed by atoms with Gasteiger partial charge in [0.05, 0.1) is 12.5 Å². The van der Waals surface area contributed by atoms with Crippen LogP contribution in [0.2, 0.25) is 0 Å². The zero-order valence-electron chi connectivity index (χ0n) is 10.4. The Morgan fingerprint density at radius 3 is 2.83 bits per heavy atom. The quantitative estimate of drug-likeness (QED) is 0.878. The minimum absolute atomic E-state index is 0.420. The smallest absolute Gasteiger partial charge is 0.310 e. The highest BCUT2D eigenvalue weighted by Gasteiger charge is 2.40. The maximum Gasteiger partial charge on any atom is 0.310 e. The number of carbonyl (C=O) groups is 1. The van der Waals surface area contributed by atoms with E-state index >= 15 is 0 Å². The molecule has 0 saturated carbocycles. The van der Waals surface area contributed by atoms with Crippen LogP contribution in [0.3, 0.4) is 0 Å². The Hall–Kier alpha value is -1.62. The third-order valence-corrected chi connectivity index (χ3v) is 3.41. The highest BCUT2D eigenvalue weighted by molar-refractivity contribution is 5.75. The van der Waals surface area contributed by atoms with E-state index in [2.05, 4.69) is 4.98 Å². The van der Waals surface area contributed by atoms with Gasteiger partial charge in [-0.3, -0.25) is 4.79 Å². The molecule has 1 N–H and O–H groups in total. The fraction of sp³-hybridized carbons (Fsp3) is 0.538. The molecule has 2 heterocycles. The lowest BCUT2D eigenvalue weighted by molar-refractivity contribution is -0.154. The van der Waals surface area contributed by atoms with Gasteiger partial charge >= 0.3 is 5.97 Å². The van der Waals surface area contributed by atoms with Crippen molar-refractivity contribution in [3.63, 3.8) is 0 Å². The molecule has 1 aromatic heterocycles. The van der Waals surface area contributed by atoms with Gasteiger partial charge in [0.1, 0.15) is 0 Å². The molecule has 1 aromatic rings. The summed E-state index contributed by atoms with van der Waals surface area (Å²) in [6, 6.07) is 5.42. The number of hydrogen-bond donors (Lipinski definition) is 1. The van der Waals surface area contributed by atoms with Gasteiger partial charge < -0.3 is 14.6 Å². The van der Waals surface area contributed by atoms with Crippen LogP contribution in [-0.4, -0.2) is 36.4 Å². The van der Waals surface area contributed by atoms with Crippen LogP contribution in [0.25, 0.3) is 0 Å². The fourth-order valence-corrected chi connectivity index (χ4v) is 2.24. The predicted octanol–water partition coefficient (Wildman–Crippen LogP) is 1.51. The Balaban J connectivity index is 2.20. The van der Waals surface area contributed by atoms with Gasteiger partial charge in [0.15, 0.2) is 0 Å². The summed E-state index contributed by atoms with van der Waals surface area (Å²) >= 11 is 0. The molecular weight excluding hydrogens is 234 g/mol. The predicted molar refractivity (Wildman–Crippen MR) is 64.6 cm³/mol. The van der Waals surface area contributed by atoms with Crippen molar-refractivity contribution in [2.24, 2.45) is 5.41 Å². The van der Waals surface area contributed by atoms with Gasteiger partial charge in [0.25, 0.3) is 0 Å². The molecular formula is C13H17NO4. The Morgan fingerprint density at radius 2 is 2.22 bits per heavy atom. The largest absolute Gasteiger partial charge is 0.481 e. The number of hydrogen-bond acceptors (Lipinski definition) is 4. The van der Waals surface area contributed by atoms with E-state index in [-0.39, 0.29) is 0 Å². The second-order valence-corrected chi connectivity index (χ2v) is 4.55. The molecule has 1 aliphatic heterocycles. The lowest BCUT2D eigenvalue weighted by atomic mass is 9.76. The van der Waals surface area contributed by atoms with E-state index in [0.29, 0.717) is 38.4 Å². The van der Waals surface area contributed by atoms with E-state index in [0.717, 1.165) is 5.69 Å². The van der Waals surface area contributed by atoms with Crippen molar-refractivity contribution in [1.82, 2.24) is 4.98 Å². The number of rotatable bonds is 4. The SMILES string of the molecule is COc1cccc(CC2(C(=O)O)CCOCC2)n1. The lowest BCUT2D eigenvalue weighted by Crippen LogP contribution is -2.39. The van der Waals surface area contributed by atoms with Crippen molar-refractivity contribution in [3.8, 4) is 5.88 Å². The topological polar surface area (TPSA) is 68.7 Å². The first kappa shape index (κ1) is 12.8. The fourth-order valence-electron chi connectivity index (χ4n) is 2.24. The van der Waals surface area contributed by atoms with Crippen molar-refractivity contribution in [2.75, 3.05) is 20.3 Å². The summed E-state index contributed by atoms with van der Waals surface area (Å²) in [6.07, 6.45) is 1.48. The zero-order valence-corrected chi connectivity index (χ0v) is 10.4. The molecule has 0 amide bonds. The number of pyridine rings is 1. The van der Waals surface area contributed by atoms with Gasteiger partial charge in [-0.05, 0) is 18.9 Å². The normalized spacial score (nSPS) is 18.3. The van der Waals surface area contributed by atoms with Crippen molar-refractivity contribution >= 4 is 5.97 Å². The second-order valence-electron chi connectivity index (χ2n) is 4.55. The molecule has 0 radical (unpaired) electrons. The number of aliphatic carboxylic acids is 1. The first-order chi connectivity index (χ1) is 8.66. The Kier molecular flexibility index (Phi) is 3.81. The minimum atomic E-state index is -0.768. The third-order valence-electron chi connectivity index (χ3n) is 3.41. The summed E-state index contributed by atoms with van der Waals surface area (Å²) in [6.45, 7) is 0.993. The van der Waals surface area contributed by atoms with Crippen LogP contribution < -0.4 is 4.74 Å². The molecule has 1 fully saturated rings. The van der Waals surface area contributed by atoms with Crippen molar-refractivity contribution in [3.05, 3.63) is 23.9 Å². The minimum Gasteiger partial charge on any atom is -0.481 e. The van der Waals surface area contributed by atoms with Crippen molar-refractivity contribution in [1.29, 1.82) is 0 Å². The van der Waals surface area contributed by atoms with Gasteiger partial charge in [0, 0.05) is 31.4 Å². The average Bonchev–Trinajstić information content (AvgIpc) is 2.40. The molecule has 18 heavy (non-hydrogen) atoms. The number of aromatic nitrogens is 1. The standard InChI is InChI=1S/C13H17NO4/c1-17-11-4-2-3-10(14-11)9-13(12(15)16)5-7-18-8-6-13/h2-4H,5-9H2,1H3,(H,15,16). The molecule has 0 spiro atoms. The molecule has 98 valence electrons. The van der Waals surface area contributed by atoms with Gasteiger partial charge in [-0.25, -0.2) is 4.98 Å². The monoisotopic (exact) mass is 251 g/mol. The molecule has 0 unspecified atom stereocenters. The van der Waals surface area contributed by atoms with Crippen LogP contribution in [0.1, 0.15) is 18.5 Å². The van der Waals surface area contributed by atoms with Crippen molar-refractivity contribution in [2.45, 2.75) is 19.3 Å². The summed E-state index contributed by atoms with van der Waals surface area (Å²) < 4.78 is 10.3. The summed E-state index contributed by atoms with van der Waals surface area (Å²) in [4.78, 5) is 15.8. The Bertz CT molecular complexity index is 427. The van der Waals surface area contributed by atoms with Crippen LogP contribution in [0.15, 0.2) is 18.2 Å². The molecule has 0 atom stereocenters. The molecule has 2 rings (SSSR count). The first-order valence-corrected chi connectivity index (χ1v) is 5.97. The number of carboxylic acids is 1. The van der Waals surface area contributed by atoms with Gasteiger partial charge in [-0.1, -0.05) is 6.07 Å². The number of methoxy groups -OCH3 is 1. The van der Waals surface area contributed by atoms with Crippen molar-refractivity contribution < 1.29 is 19.4 Å². The zero-order chi connectivity index (χ0) is 13.0. The molecule has 5 nitrogen and oxygen atoms in total. The van der Waals surface area contributed by atoms with Crippen LogP contribution in [0, 0.1) is 5.41 Å². The molecule has 1 saturated heterocycles. The molecule has 0 aliphatic carbocycles. The highest BCUT2D eigenvalue weighted by Crippen LogP contribution is 2.34. The van der Waals surface area contributed by atoms with Crippen LogP contribution in [-0.2, 0) is 16.0 Å². The van der Waals surface area contributed by atoms with E-state index < -0.39 is 11.4 Å².